The van der Waals surface area contributed by atoms with Gasteiger partial charge in [0, 0.05) is 6.04 Å². The normalized spacial score (nSPS) is 12.9. The Bertz CT molecular complexity index is 301. The first-order valence-electron chi connectivity index (χ1n) is 4.87. The molecule has 1 aromatic rings. The standard InChI is InChI=1S/C11H15BrFN/c1-3-11(14-4-2)8-5-6-10(13)9(12)7-8/h5-7,11,14H,3-4H2,1-2H3. The van der Waals surface area contributed by atoms with Gasteiger partial charge in [-0.25, -0.2) is 4.39 Å². The van der Waals surface area contributed by atoms with Crippen molar-refractivity contribution in [2.75, 3.05) is 6.54 Å². The van der Waals surface area contributed by atoms with Gasteiger partial charge in [0.25, 0.3) is 0 Å². The molecular weight excluding hydrogens is 245 g/mol. The summed E-state index contributed by atoms with van der Waals surface area (Å²) >= 11 is 3.19. The molecule has 1 atom stereocenters. The second-order valence-corrected chi connectivity index (χ2v) is 4.05. The highest BCUT2D eigenvalue weighted by Gasteiger charge is 2.09. The highest BCUT2D eigenvalue weighted by Crippen LogP contribution is 2.22. The largest absolute Gasteiger partial charge is 0.310 e. The third kappa shape index (κ3) is 2.79. The molecular formula is C11H15BrFN. The van der Waals surface area contributed by atoms with Gasteiger partial charge in [-0.1, -0.05) is 19.9 Å². The number of hydrogen-bond donors (Lipinski definition) is 1. The highest BCUT2D eigenvalue weighted by molar-refractivity contribution is 9.10. The molecule has 0 saturated heterocycles. The van der Waals surface area contributed by atoms with Crippen molar-refractivity contribution in [3.63, 3.8) is 0 Å². The van der Waals surface area contributed by atoms with E-state index in [1.165, 1.54) is 6.07 Å². The molecule has 3 heteroatoms. The summed E-state index contributed by atoms with van der Waals surface area (Å²) in [5.74, 6) is -0.208. The Balaban J connectivity index is 2.88. The molecule has 0 heterocycles. The second-order valence-electron chi connectivity index (χ2n) is 3.19. The summed E-state index contributed by atoms with van der Waals surface area (Å²) in [6.07, 6.45) is 1.01. The maximum Gasteiger partial charge on any atom is 0.137 e. The Labute approximate surface area is 92.8 Å². The smallest absolute Gasteiger partial charge is 0.137 e. The molecule has 0 saturated carbocycles. The van der Waals surface area contributed by atoms with Crippen molar-refractivity contribution < 1.29 is 4.39 Å². The van der Waals surface area contributed by atoms with Crippen LogP contribution in [0.25, 0.3) is 0 Å². The van der Waals surface area contributed by atoms with E-state index in [-0.39, 0.29) is 5.82 Å². The molecule has 0 radical (unpaired) electrons. The molecule has 78 valence electrons. The van der Waals surface area contributed by atoms with E-state index in [2.05, 4.69) is 35.1 Å². The van der Waals surface area contributed by atoms with E-state index >= 15 is 0 Å². The molecule has 1 unspecified atom stereocenters. The lowest BCUT2D eigenvalue weighted by Crippen LogP contribution is -2.20. The summed E-state index contributed by atoms with van der Waals surface area (Å²) in [7, 11) is 0. The SMILES string of the molecule is CCNC(CC)c1ccc(F)c(Br)c1. The average Bonchev–Trinajstić information content (AvgIpc) is 2.19. The van der Waals surface area contributed by atoms with Crippen LogP contribution in [0.2, 0.25) is 0 Å². The van der Waals surface area contributed by atoms with E-state index in [0.29, 0.717) is 10.5 Å². The molecule has 0 amide bonds. The molecule has 0 aliphatic carbocycles. The maximum atomic E-state index is 13.0. The van der Waals surface area contributed by atoms with Crippen molar-refractivity contribution in [1.29, 1.82) is 0 Å². The van der Waals surface area contributed by atoms with E-state index in [9.17, 15) is 4.39 Å². The van der Waals surface area contributed by atoms with Crippen molar-refractivity contribution >= 4 is 15.9 Å². The first kappa shape index (κ1) is 11.7. The second kappa shape index (κ2) is 5.47. The zero-order valence-corrected chi connectivity index (χ0v) is 10.1. The number of halogens is 2. The van der Waals surface area contributed by atoms with Crippen LogP contribution < -0.4 is 5.32 Å². The van der Waals surface area contributed by atoms with Gasteiger partial charge in [-0.05, 0) is 46.6 Å². The predicted molar refractivity (Wildman–Crippen MR) is 60.8 cm³/mol. The summed E-state index contributed by atoms with van der Waals surface area (Å²) in [5, 5.41) is 3.35. The van der Waals surface area contributed by atoms with Gasteiger partial charge in [-0.2, -0.15) is 0 Å². The number of rotatable bonds is 4. The average molecular weight is 260 g/mol. The molecule has 0 bridgehead atoms. The predicted octanol–water partition coefficient (Wildman–Crippen LogP) is 3.65. The van der Waals surface area contributed by atoms with E-state index in [0.717, 1.165) is 18.5 Å². The summed E-state index contributed by atoms with van der Waals surface area (Å²) < 4.78 is 13.5. The Morgan fingerprint density at radius 2 is 2.14 bits per heavy atom. The fraction of sp³-hybridized carbons (Fsp3) is 0.455. The van der Waals surface area contributed by atoms with E-state index in [1.54, 1.807) is 0 Å². The third-order valence-corrected chi connectivity index (χ3v) is 2.81. The van der Waals surface area contributed by atoms with E-state index < -0.39 is 0 Å². The van der Waals surface area contributed by atoms with Crippen LogP contribution in [0.15, 0.2) is 22.7 Å². The third-order valence-electron chi connectivity index (χ3n) is 2.20. The van der Waals surface area contributed by atoms with Crippen molar-refractivity contribution in [3.8, 4) is 0 Å². The lowest BCUT2D eigenvalue weighted by atomic mass is 10.0. The van der Waals surface area contributed by atoms with E-state index in [1.807, 2.05) is 12.1 Å². The number of nitrogens with one attached hydrogen (secondary N) is 1. The molecule has 14 heavy (non-hydrogen) atoms. The van der Waals surface area contributed by atoms with Gasteiger partial charge in [-0.3, -0.25) is 0 Å². The number of hydrogen-bond acceptors (Lipinski definition) is 1. The van der Waals surface area contributed by atoms with Crippen LogP contribution in [0.1, 0.15) is 31.9 Å². The quantitative estimate of drug-likeness (QED) is 0.871. The first-order valence-corrected chi connectivity index (χ1v) is 5.66. The molecule has 0 aromatic heterocycles. The van der Waals surface area contributed by atoms with Crippen molar-refractivity contribution in [2.24, 2.45) is 0 Å². The van der Waals surface area contributed by atoms with Gasteiger partial charge in [0.2, 0.25) is 0 Å². The minimum Gasteiger partial charge on any atom is -0.310 e. The van der Waals surface area contributed by atoms with Crippen molar-refractivity contribution in [2.45, 2.75) is 26.3 Å². The topological polar surface area (TPSA) is 12.0 Å². The fourth-order valence-electron chi connectivity index (χ4n) is 1.47. The molecule has 1 nitrogen and oxygen atoms in total. The van der Waals surface area contributed by atoms with Gasteiger partial charge < -0.3 is 5.32 Å². The van der Waals surface area contributed by atoms with E-state index in [4.69, 9.17) is 0 Å². The molecule has 1 N–H and O–H groups in total. The Morgan fingerprint density at radius 3 is 2.64 bits per heavy atom. The van der Waals surface area contributed by atoms with Gasteiger partial charge in [0.1, 0.15) is 5.82 Å². The summed E-state index contributed by atoms with van der Waals surface area (Å²) in [6.45, 7) is 5.11. The van der Waals surface area contributed by atoms with Crippen molar-refractivity contribution in [3.05, 3.63) is 34.1 Å². The molecule has 0 spiro atoms. The minimum absolute atomic E-state index is 0.208. The monoisotopic (exact) mass is 259 g/mol. The number of benzene rings is 1. The van der Waals surface area contributed by atoms with Gasteiger partial charge >= 0.3 is 0 Å². The zero-order valence-electron chi connectivity index (χ0n) is 8.48. The molecule has 0 fully saturated rings. The van der Waals surface area contributed by atoms with Gasteiger partial charge in [-0.15, -0.1) is 0 Å². The highest BCUT2D eigenvalue weighted by atomic mass is 79.9. The lowest BCUT2D eigenvalue weighted by Gasteiger charge is -2.16. The Hall–Kier alpha value is -0.410. The van der Waals surface area contributed by atoms with Crippen LogP contribution in [0.5, 0.6) is 0 Å². The molecule has 0 aliphatic heterocycles. The van der Waals surface area contributed by atoms with Crippen LogP contribution in [0.4, 0.5) is 4.39 Å². The first-order chi connectivity index (χ1) is 6.69. The molecule has 0 aliphatic rings. The van der Waals surface area contributed by atoms with Gasteiger partial charge in [0.05, 0.1) is 4.47 Å². The van der Waals surface area contributed by atoms with Crippen molar-refractivity contribution in [1.82, 2.24) is 5.32 Å². The summed E-state index contributed by atoms with van der Waals surface area (Å²) in [5.41, 5.74) is 1.13. The van der Waals surface area contributed by atoms with Crippen LogP contribution in [-0.4, -0.2) is 6.54 Å². The van der Waals surface area contributed by atoms with Crippen LogP contribution >= 0.6 is 15.9 Å². The Kier molecular flexibility index (Phi) is 4.55. The Morgan fingerprint density at radius 1 is 1.43 bits per heavy atom. The maximum absolute atomic E-state index is 13.0. The minimum atomic E-state index is -0.208. The summed E-state index contributed by atoms with van der Waals surface area (Å²) in [4.78, 5) is 0. The van der Waals surface area contributed by atoms with Crippen LogP contribution in [0.3, 0.4) is 0 Å². The van der Waals surface area contributed by atoms with Crippen LogP contribution in [-0.2, 0) is 0 Å². The zero-order chi connectivity index (χ0) is 10.6. The molecule has 1 aromatic carbocycles. The molecule has 1 rings (SSSR count). The van der Waals surface area contributed by atoms with Crippen LogP contribution in [0, 0.1) is 5.82 Å². The summed E-state index contributed by atoms with van der Waals surface area (Å²) in [6, 6.07) is 5.49. The fourth-order valence-corrected chi connectivity index (χ4v) is 1.87. The van der Waals surface area contributed by atoms with Gasteiger partial charge in [0.15, 0.2) is 0 Å². The lowest BCUT2D eigenvalue weighted by molar-refractivity contribution is 0.534.